The van der Waals surface area contributed by atoms with Crippen molar-refractivity contribution < 1.29 is 8.42 Å². The van der Waals surface area contributed by atoms with Crippen molar-refractivity contribution >= 4 is 21.4 Å². The van der Waals surface area contributed by atoms with Gasteiger partial charge in [-0.2, -0.15) is 5.10 Å². The zero-order chi connectivity index (χ0) is 12.5. The van der Waals surface area contributed by atoms with E-state index in [0.717, 1.165) is 10.7 Å². The minimum Gasteiger partial charge on any atom is -0.284 e. The molecule has 0 saturated heterocycles. The van der Waals surface area contributed by atoms with Gasteiger partial charge in [-0.15, -0.1) is 11.3 Å². The molecular weight excluding hydrogens is 260 g/mol. The Morgan fingerprint density at radius 1 is 1.53 bits per heavy atom. The molecule has 2 heterocycles. The van der Waals surface area contributed by atoms with Crippen molar-refractivity contribution in [1.82, 2.24) is 19.9 Å². The highest BCUT2D eigenvalue weighted by Crippen LogP contribution is 2.19. The monoisotopic (exact) mass is 272 g/mol. The summed E-state index contributed by atoms with van der Waals surface area (Å²) >= 11 is 1.43. The summed E-state index contributed by atoms with van der Waals surface area (Å²) in [6.07, 6.45) is 2.60. The number of aromatic nitrogens is 3. The van der Waals surface area contributed by atoms with Gasteiger partial charge >= 0.3 is 0 Å². The summed E-state index contributed by atoms with van der Waals surface area (Å²) in [5.41, 5.74) is 0.888. The smallest absolute Gasteiger partial charge is 0.244 e. The molecule has 0 radical (unpaired) electrons. The van der Waals surface area contributed by atoms with Gasteiger partial charge in [-0.05, 0) is 13.8 Å². The quantitative estimate of drug-likeness (QED) is 0.875. The van der Waals surface area contributed by atoms with Crippen LogP contribution in [0.15, 0.2) is 22.7 Å². The van der Waals surface area contributed by atoms with Crippen LogP contribution >= 0.6 is 11.3 Å². The van der Waals surface area contributed by atoms with E-state index >= 15 is 0 Å². The lowest BCUT2D eigenvalue weighted by Crippen LogP contribution is -2.26. The van der Waals surface area contributed by atoms with Crippen molar-refractivity contribution in [3.63, 3.8) is 0 Å². The summed E-state index contributed by atoms with van der Waals surface area (Å²) in [7, 11) is -3.53. The minimum atomic E-state index is -3.53. The van der Waals surface area contributed by atoms with Crippen LogP contribution in [-0.2, 0) is 10.0 Å². The third-order valence-corrected chi connectivity index (χ3v) is 4.78. The molecule has 1 unspecified atom stereocenters. The molecule has 92 valence electrons. The first-order valence-electron chi connectivity index (χ1n) is 4.92. The second-order valence-electron chi connectivity index (χ2n) is 3.60. The molecule has 0 spiro atoms. The molecule has 2 aromatic rings. The first-order valence-corrected chi connectivity index (χ1v) is 7.28. The van der Waals surface area contributed by atoms with Gasteiger partial charge in [0.1, 0.15) is 9.90 Å². The molecule has 8 heteroatoms. The van der Waals surface area contributed by atoms with E-state index in [1.807, 2.05) is 12.3 Å². The van der Waals surface area contributed by atoms with Gasteiger partial charge in [0.15, 0.2) is 0 Å². The van der Waals surface area contributed by atoms with Crippen molar-refractivity contribution in [2.24, 2.45) is 0 Å². The van der Waals surface area contributed by atoms with Crippen LogP contribution in [0, 0.1) is 6.92 Å². The van der Waals surface area contributed by atoms with Gasteiger partial charge < -0.3 is 0 Å². The van der Waals surface area contributed by atoms with E-state index in [0.29, 0.717) is 0 Å². The van der Waals surface area contributed by atoms with Crippen LogP contribution in [0.3, 0.4) is 0 Å². The Bertz CT molecular complexity index is 588. The Labute approximate surface area is 103 Å². The molecule has 0 aliphatic carbocycles. The standard InChI is InChI=1S/C9H12N4O2S2/c1-6-5-16-9(12-6)7(2)13-17(14,15)8-3-10-11-4-8/h3-5,7,13H,1-2H3,(H,10,11). The lowest BCUT2D eigenvalue weighted by atomic mass is 10.4. The van der Waals surface area contributed by atoms with Crippen LogP contribution in [-0.4, -0.2) is 23.6 Å². The third-order valence-electron chi connectivity index (χ3n) is 2.12. The molecule has 2 N–H and O–H groups in total. The predicted octanol–water partition coefficient (Wildman–Crippen LogP) is 1.21. The normalized spacial score (nSPS) is 13.8. The summed E-state index contributed by atoms with van der Waals surface area (Å²) in [6, 6.07) is -0.353. The van der Waals surface area contributed by atoms with Crippen LogP contribution < -0.4 is 4.72 Å². The topological polar surface area (TPSA) is 87.7 Å². The summed E-state index contributed by atoms with van der Waals surface area (Å²) in [4.78, 5) is 4.37. The third kappa shape index (κ3) is 2.71. The maximum atomic E-state index is 11.9. The van der Waals surface area contributed by atoms with Gasteiger partial charge in [-0.1, -0.05) is 0 Å². The summed E-state index contributed by atoms with van der Waals surface area (Å²) < 4.78 is 26.3. The van der Waals surface area contributed by atoms with E-state index in [1.165, 1.54) is 23.7 Å². The van der Waals surface area contributed by atoms with Crippen LogP contribution in [0.5, 0.6) is 0 Å². The average molecular weight is 272 g/mol. The number of rotatable bonds is 4. The molecule has 0 aromatic carbocycles. The number of nitrogens with zero attached hydrogens (tertiary/aromatic N) is 2. The molecule has 0 aliphatic heterocycles. The lowest BCUT2D eigenvalue weighted by Gasteiger charge is -2.10. The minimum absolute atomic E-state index is 0.123. The Morgan fingerprint density at radius 2 is 2.29 bits per heavy atom. The number of aryl methyl sites for hydroxylation is 1. The second-order valence-corrected chi connectivity index (χ2v) is 6.21. The maximum Gasteiger partial charge on any atom is 0.244 e. The fourth-order valence-electron chi connectivity index (χ4n) is 1.31. The van der Waals surface area contributed by atoms with Crippen LogP contribution in [0.1, 0.15) is 23.7 Å². The van der Waals surface area contributed by atoms with Gasteiger partial charge in [0.25, 0.3) is 0 Å². The number of sulfonamides is 1. The van der Waals surface area contributed by atoms with Crippen molar-refractivity contribution in [1.29, 1.82) is 0 Å². The molecule has 0 bridgehead atoms. The molecule has 17 heavy (non-hydrogen) atoms. The highest BCUT2D eigenvalue weighted by molar-refractivity contribution is 7.89. The number of H-pyrrole nitrogens is 1. The first-order chi connectivity index (χ1) is 7.99. The SMILES string of the molecule is Cc1csc(C(C)NS(=O)(=O)c2cn[nH]c2)n1. The number of hydrogen-bond donors (Lipinski definition) is 2. The van der Waals surface area contributed by atoms with E-state index in [2.05, 4.69) is 19.9 Å². The zero-order valence-electron chi connectivity index (χ0n) is 9.34. The highest BCUT2D eigenvalue weighted by Gasteiger charge is 2.20. The lowest BCUT2D eigenvalue weighted by molar-refractivity contribution is 0.566. The number of thiazole rings is 1. The zero-order valence-corrected chi connectivity index (χ0v) is 11.0. The molecule has 2 rings (SSSR count). The number of nitrogens with one attached hydrogen (secondary N) is 2. The summed E-state index contributed by atoms with van der Waals surface area (Å²) in [6.45, 7) is 3.63. The van der Waals surface area contributed by atoms with Crippen molar-refractivity contribution in [3.8, 4) is 0 Å². The Morgan fingerprint density at radius 3 is 2.82 bits per heavy atom. The Balaban J connectivity index is 2.17. The second kappa shape index (κ2) is 4.55. The summed E-state index contributed by atoms with van der Waals surface area (Å²) in [5, 5.41) is 8.72. The molecule has 6 nitrogen and oxygen atoms in total. The predicted molar refractivity (Wildman–Crippen MR) is 64.2 cm³/mol. The van der Waals surface area contributed by atoms with E-state index in [4.69, 9.17) is 0 Å². The van der Waals surface area contributed by atoms with Crippen molar-refractivity contribution in [2.75, 3.05) is 0 Å². The Hall–Kier alpha value is -1.25. The van der Waals surface area contributed by atoms with Crippen molar-refractivity contribution in [3.05, 3.63) is 28.5 Å². The first kappa shape index (κ1) is 12.2. The fourth-order valence-corrected chi connectivity index (χ4v) is 3.30. The van der Waals surface area contributed by atoms with Crippen LogP contribution in [0.4, 0.5) is 0 Å². The molecule has 0 fully saturated rings. The van der Waals surface area contributed by atoms with Crippen LogP contribution in [0.2, 0.25) is 0 Å². The van der Waals surface area contributed by atoms with E-state index in [9.17, 15) is 8.42 Å². The van der Waals surface area contributed by atoms with Crippen LogP contribution in [0.25, 0.3) is 0 Å². The van der Waals surface area contributed by atoms with Gasteiger partial charge in [0, 0.05) is 17.3 Å². The van der Waals surface area contributed by atoms with Gasteiger partial charge in [-0.3, -0.25) is 5.10 Å². The average Bonchev–Trinajstić information content (AvgIpc) is 2.86. The molecular formula is C9H12N4O2S2. The van der Waals surface area contributed by atoms with E-state index in [-0.39, 0.29) is 10.9 Å². The van der Waals surface area contributed by atoms with Gasteiger partial charge in [0.05, 0.1) is 12.2 Å². The number of hydrogen-bond acceptors (Lipinski definition) is 5. The molecule has 0 aliphatic rings. The molecule has 0 saturated carbocycles. The largest absolute Gasteiger partial charge is 0.284 e. The fraction of sp³-hybridized carbons (Fsp3) is 0.333. The van der Waals surface area contributed by atoms with E-state index < -0.39 is 10.0 Å². The summed E-state index contributed by atoms with van der Waals surface area (Å²) in [5.74, 6) is 0. The Kier molecular flexibility index (Phi) is 3.27. The van der Waals surface area contributed by atoms with Gasteiger partial charge in [-0.25, -0.2) is 18.1 Å². The highest BCUT2D eigenvalue weighted by atomic mass is 32.2. The van der Waals surface area contributed by atoms with E-state index in [1.54, 1.807) is 6.92 Å². The maximum absolute atomic E-state index is 11.9. The molecule has 1 atom stereocenters. The van der Waals surface area contributed by atoms with Crippen molar-refractivity contribution in [2.45, 2.75) is 24.8 Å². The number of aromatic amines is 1. The van der Waals surface area contributed by atoms with Gasteiger partial charge in [0.2, 0.25) is 10.0 Å². The molecule has 2 aromatic heterocycles. The molecule has 0 amide bonds.